The second kappa shape index (κ2) is 6.18. The molecule has 1 unspecified atom stereocenters. The maximum atomic E-state index is 12.3. The van der Waals surface area contributed by atoms with Crippen molar-refractivity contribution in [2.75, 3.05) is 28.7 Å². The number of hydrogen-bond donors (Lipinski definition) is 0. The van der Waals surface area contributed by atoms with Gasteiger partial charge >= 0.3 is 0 Å². The van der Waals surface area contributed by atoms with E-state index in [1.165, 1.54) is 0 Å². The molecule has 0 amide bonds. The van der Waals surface area contributed by atoms with Gasteiger partial charge in [0.05, 0.1) is 0 Å². The van der Waals surface area contributed by atoms with E-state index in [0.29, 0.717) is 11.3 Å². The van der Waals surface area contributed by atoms with Crippen LogP contribution in [0.4, 0.5) is 5.69 Å². The Kier molecular flexibility index (Phi) is 4.75. The number of hydrogen-bond acceptors (Lipinski definition) is 5. The molecular weight excluding hydrogens is 294 g/mol. The van der Waals surface area contributed by atoms with Crippen LogP contribution >= 0.6 is 11.8 Å². The van der Waals surface area contributed by atoms with Crippen LogP contribution in [0.25, 0.3) is 0 Å². The van der Waals surface area contributed by atoms with Crippen LogP contribution in [0.3, 0.4) is 0 Å². The molecule has 20 heavy (non-hydrogen) atoms. The summed E-state index contributed by atoms with van der Waals surface area (Å²) < 4.78 is 24.5. The molecule has 0 N–H and O–H groups in total. The fraction of sp³-hybridized carbons (Fsp3) is 0.500. The average molecular weight is 313 g/mol. The number of anilines is 1. The van der Waals surface area contributed by atoms with Gasteiger partial charge in [0, 0.05) is 35.1 Å². The lowest BCUT2D eigenvalue weighted by Gasteiger charge is -2.37. The van der Waals surface area contributed by atoms with Crippen LogP contribution in [-0.4, -0.2) is 43.9 Å². The molecule has 1 fully saturated rings. The number of carbonyl (C=O) groups excluding carboxylic acids is 1. The van der Waals surface area contributed by atoms with E-state index in [9.17, 15) is 13.2 Å². The van der Waals surface area contributed by atoms with Crippen LogP contribution < -0.4 is 4.90 Å². The molecule has 1 aromatic rings. The van der Waals surface area contributed by atoms with Crippen molar-refractivity contribution < 1.29 is 13.2 Å². The molecular formula is C14H19NO3S2. The van der Waals surface area contributed by atoms with Gasteiger partial charge in [0.25, 0.3) is 0 Å². The average Bonchev–Trinajstić information content (AvgIpc) is 2.47. The molecule has 110 valence electrons. The minimum Gasteiger partial charge on any atom is -0.353 e. The Labute approximate surface area is 124 Å². The highest BCUT2D eigenvalue weighted by molar-refractivity contribution is 8.01. The van der Waals surface area contributed by atoms with Crippen LogP contribution in [0, 0.1) is 6.92 Å². The zero-order valence-electron chi connectivity index (χ0n) is 11.7. The fourth-order valence-corrected chi connectivity index (χ4v) is 5.40. The molecule has 0 aliphatic carbocycles. The van der Waals surface area contributed by atoms with Crippen molar-refractivity contribution in [2.45, 2.75) is 19.2 Å². The van der Waals surface area contributed by atoms with Gasteiger partial charge in [-0.05, 0) is 30.7 Å². The van der Waals surface area contributed by atoms with Crippen LogP contribution in [0.15, 0.2) is 18.2 Å². The third-order valence-corrected chi connectivity index (χ3v) is 6.86. The second-order valence-corrected chi connectivity index (χ2v) is 8.44. The molecule has 6 heteroatoms. The summed E-state index contributed by atoms with van der Waals surface area (Å²) in [7, 11) is -3.12. The molecule has 0 aromatic heterocycles. The summed E-state index contributed by atoms with van der Waals surface area (Å²) in [6, 6.07) is 5.40. The SMILES string of the molecule is CCS(=O)(=O)C1CSCCN1c1ccc(C=O)cc1C. The molecule has 4 nitrogen and oxygen atoms in total. The number of thioether (sulfide) groups is 1. The molecule has 0 saturated carbocycles. The van der Waals surface area contributed by atoms with E-state index in [4.69, 9.17) is 0 Å². The van der Waals surface area contributed by atoms with Crippen molar-refractivity contribution in [1.82, 2.24) is 0 Å². The zero-order valence-corrected chi connectivity index (χ0v) is 13.3. The molecule has 0 bridgehead atoms. The number of carbonyl (C=O) groups is 1. The molecule has 1 saturated heterocycles. The van der Waals surface area contributed by atoms with Gasteiger partial charge in [-0.25, -0.2) is 8.42 Å². The van der Waals surface area contributed by atoms with E-state index in [1.54, 1.807) is 30.8 Å². The van der Waals surface area contributed by atoms with Crippen LogP contribution in [0.2, 0.25) is 0 Å². The maximum absolute atomic E-state index is 12.3. The van der Waals surface area contributed by atoms with Crippen molar-refractivity contribution in [3.8, 4) is 0 Å². The summed E-state index contributed by atoms with van der Waals surface area (Å²) in [5.74, 6) is 1.68. The highest BCUT2D eigenvalue weighted by atomic mass is 32.2. The van der Waals surface area contributed by atoms with Crippen molar-refractivity contribution >= 4 is 33.6 Å². The summed E-state index contributed by atoms with van der Waals surface area (Å²) in [5.41, 5.74) is 2.48. The lowest BCUT2D eigenvalue weighted by atomic mass is 10.1. The van der Waals surface area contributed by atoms with Crippen molar-refractivity contribution in [1.29, 1.82) is 0 Å². The quantitative estimate of drug-likeness (QED) is 0.797. The van der Waals surface area contributed by atoms with E-state index in [-0.39, 0.29) is 5.75 Å². The van der Waals surface area contributed by atoms with E-state index >= 15 is 0 Å². The third-order valence-electron chi connectivity index (χ3n) is 3.57. The van der Waals surface area contributed by atoms with Gasteiger partial charge < -0.3 is 4.90 Å². The monoisotopic (exact) mass is 313 g/mol. The predicted octanol–water partition coefficient (Wildman–Crippen LogP) is 2.12. The number of aldehydes is 1. The van der Waals surface area contributed by atoms with E-state index < -0.39 is 15.2 Å². The Morgan fingerprint density at radius 2 is 2.20 bits per heavy atom. The van der Waals surface area contributed by atoms with E-state index in [0.717, 1.165) is 29.8 Å². The molecule has 1 aliphatic rings. The van der Waals surface area contributed by atoms with Gasteiger partial charge in [-0.1, -0.05) is 6.92 Å². The largest absolute Gasteiger partial charge is 0.353 e. The maximum Gasteiger partial charge on any atom is 0.171 e. The third kappa shape index (κ3) is 3.01. The van der Waals surface area contributed by atoms with E-state index in [2.05, 4.69) is 0 Å². The number of benzene rings is 1. The Bertz CT molecular complexity index is 598. The van der Waals surface area contributed by atoms with Crippen LogP contribution in [0.5, 0.6) is 0 Å². The number of sulfone groups is 1. The summed E-state index contributed by atoms with van der Waals surface area (Å²) in [5, 5.41) is -0.466. The Morgan fingerprint density at radius 1 is 1.45 bits per heavy atom. The number of nitrogens with zero attached hydrogens (tertiary/aromatic N) is 1. The lowest BCUT2D eigenvalue weighted by Crippen LogP contribution is -2.48. The minimum absolute atomic E-state index is 0.153. The van der Waals surface area contributed by atoms with Gasteiger partial charge in [0.15, 0.2) is 9.84 Å². The molecule has 0 radical (unpaired) electrons. The topological polar surface area (TPSA) is 54.5 Å². The van der Waals surface area contributed by atoms with E-state index in [1.807, 2.05) is 17.9 Å². The smallest absolute Gasteiger partial charge is 0.171 e. The molecule has 1 aromatic carbocycles. The van der Waals surface area contributed by atoms with Gasteiger partial charge in [-0.2, -0.15) is 11.8 Å². The summed E-state index contributed by atoms with van der Waals surface area (Å²) >= 11 is 1.68. The normalized spacial score (nSPS) is 19.9. The van der Waals surface area contributed by atoms with Crippen LogP contribution in [0.1, 0.15) is 22.8 Å². The van der Waals surface area contributed by atoms with Gasteiger partial charge in [0.2, 0.25) is 0 Å². The molecule has 2 rings (SSSR count). The first-order chi connectivity index (χ1) is 9.49. The molecule has 1 aliphatic heterocycles. The Balaban J connectivity index is 2.40. The fourth-order valence-electron chi connectivity index (χ4n) is 2.42. The first-order valence-corrected chi connectivity index (χ1v) is 9.48. The highest BCUT2D eigenvalue weighted by Gasteiger charge is 2.33. The van der Waals surface area contributed by atoms with Crippen LogP contribution in [-0.2, 0) is 9.84 Å². The molecule has 1 atom stereocenters. The Hall–Kier alpha value is -1.01. The predicted molar refractivity (Wildman–Crippen MR) is 84.5 cm³/mol. The summed E-state index contributed by atoms with van der Waals surface area (Å²) in [6.45, 7) is 4.32. The summed E-state index contributed by atoms with van der Waals surface area (Å²) in [6.07, 6.45) is 0.809. The molecule has 0 spiro atoms. The first-order valence-electron chi connectivity index (χ1n) is 6.61. The van der Waals surface area contributed by atoms with Crippen molar-refractivity contribution in [2.24, 2.45) is 0 Å². The lowest BCUT2D eigenvalue weighted by molar-refractivity contribution is 0.112. The number of aryl methyl sites for hydroxylation is 1. The summed E-state index contributed by atoms with van der Waals surface area (Å²) in [4.78, 5) is 12.8. The van der Waals surface area contributed by atoms with Crippen molar-refractivity contribution in [3.63, 3.8) is 0 Å². The van der Waals surface area contributed by atoms with Gasteiger partial charge in [-0.3, -0.25) is 4.79 Å². The second-order valence-electron chi connectivity index (χ2n) is 4.84. The highest BCUT2D eigenvalue weighted by Crippen LogP contribution is 2.30. The standard InChI is InChI=1S/C14H19NO3S2/c1-3-20(17,18)14-10-19-7-6-15(14)13-5-4-12(9-16)8-11(13)2/h4-5,8-9,14H,3,6-7,10H2,1-2H3. The van der Waals surface area contributed by atoms with Gasteiger partial charge in [-0.15, -0.1) is 0 Å². The Morgan fingerprint density at radius 3 is 2.80 bits per heavy atom. The van der Waals surface area contributed by atoms with Gasteiger partial charge in [0.1, 0.15) is 11.7 Å². The zero-order chi connectivity index (χ0) is 14.8. The van der Waals surface area contributed by atoms with Crippen molar-refractivity contribution in [3.05, 3.63) is 29.3 Å². The molecule has 1 heterocycles. The minimum atomic E-state index is -3.12. The first kappa shape index (κ1) is 15.4. The number of rotatable bonds is 4.